The molecule has 0 aliphatic carbocycles. The predicted octanol–water partition coefficient (Wildman–Crippen LogP) is 1.95. The maximum Gasteiger partial charge on any atom is 0.254 e. The van der Waals surface area contributed by atoms with Crippen LogP contribution in [-0.4, -0.2) is 34.6 Å². The molecule has 1 fully saturated rings. The van der Waals surface area contributed by atoms with Gasteiger partial charge in [0.25, 0.3) is 5.91 Å². The number of carbonyl (C=O) groups is 1. The molecule has 0 spiro atoms. The third-order valence-electron chi connectivity index (χ3n) is 3.52. The molecule has 1 amide bonds. The Hall–Kier alpha value is -1.56. The smallest absolute Gasteiger partial charge is 0.254 e. The lowest BCUT2D eigenvalue weighted by atomic mass is 9.82. The van der Waals surface area contributed by atoms with Crippen LogP contribution in [0.25, 0.3) is 0 Å². The fourth-order valence-electron chi connectivity index (χ4n) is 1.99. The van der Waals surface area contributed by atoms with Gasteiger partial charge in [-0.3, -0.25) is 4.79 Å². The van der Waals surface area contributed by atoms with Crippen LogP contribution in [0.1, 0.15) is 24.2 Å². The minimum Gasteiger partial charge on any atom is -0.386 e. The van der Waals surface area contributed by atoms with Crippen molar-refractivity contribution in [3.63, 3.8) is 0 Å². The minimum atomic E-state index is -1.60. The molecule has 1 aliphatic heterocycles. The van der Waals surface area contributed by atoms with Gasteiger partial charge in [0.1, 0.15) is 5.60 Å². The van der Waals surface area contributed by atoms with Gasteiger partial charge in [-0.2, -0.15) is 0 Å². The molecule has 6 heteroatoms. The maximum absolute atomic E-state index is 13.0. The van der Waals surface area contributed by atoms with Gasteiger partial charge in [-0.25, -0.2) is 13.2 Å². The Balaban J connectivity index is 2.15. The quantitative estimate of drug-likeness (QED) is 0.837. The number of likely N-dealkylation sites (tertiary alicyclic amines) is 1. The van der Waals surface area contributed by atoms with Gasteiger partial charge in [-0.05, 0) is 18.1 Å². The van der Waals surface area contributed by atoms with Crippen molar-refractivity contribution in [3.05, 3.63) is 35.1 Å². The molecule has 3 nitrogen and oxygen atoms in total. The van der Waals surface area contributed by atoms with Crippen molar-refractivity contribution >= 4 is 5.91 Å². The van der Waals surface area contributed by atoms with Crippen LogP contribution in [0.15, 0.2) is 12.1 Å². The summed E-state index contributed by atoms with van der Waals surface area (Å²) >= 11 is 0. The number of hydrogen-bond acceptors (Lipinski definition) is 2. The van der Waals surface area contributed by atoms with Crippen LogP contribution in [0.4, 0.5) is 13.2 Å². The Labute approximate surface area is 108 Å². The maximum atomic E-state index is 13.0. The van der Waals surface area contributed by atoms with Crippen molar-refractivity contribution in [1.29, 1.82) is 0 Å². The first-order valence-corrected chi connectivity index (χ1v) is 5.91. The van der Waals surface area contributed by atoms with Crippen LogP contribution in [0, 0.1) is 23.4 Å². The number of rotatable bonds is 2. The molecule has 2 rings (SSSR count). The summed E-state index contributed by atoms with van der Waals surface area (Å²) in [4.78, 5) is 13.2. The number of carbonyl (C=O) groups excluding carboxylic acids is 1. The zero-order valence-corrected chi connectivity index (χ0v) is 10.6. The monoisotopic (exact) mass is 273 g/mol. The fraction of sp³-hybridized carbons (Fsp3) is 0.462. The first-order valence-electron chi connectivity index (χ1n) is 5.91. The molecule has 1 heterocycles. The molecule has 0 atom stereocenters. The average molecular weight is 273 g/mol. The standard InChI is InChI=1S/C13H14F3NO2/c1-7(2)13(19)5-17(6-13)12(18)8-3-9(14)11(16)10(15)4-8/h3-4,7,19H,5-6H2,1-2H3. The summed E-state index contributed by atoms with van der Waals surface area (Å²) in [5.74, 6) is -5.05. The number of amides is 1. The summed E-state index contributed by atoms with van der Waals surface area (Å²) < 4.78 is 38.8. The molecular weight excluding hydrogens is 259 g/mol. The summed E-state index contributed by atoms with van der Waals surface area (Å²) in [5.41, 5.74) is -1.23. The molecule has 1 N–H and O–H groups in total. The molecule has 104 valence electrons. The summed E-state index contributed by atoms with van der Waals surface area (Å²) in [6, 6.07) is 1.32. The molecule has 0 radical (unpaired) electrons. The predicted molar refractivity (Wildman–Crippen MR) is 62.0 cm³/mol. The van der Waals surface area contributed by atoms with Crippen LogP contribution >= 0.6 is 0 Å². The molecule has 0 unspecified atom stereocenters. The normalized spacial score (nSPS) is 17.5. The highest BCUT2D eigenvalue weighted by atomic mass is 19.2. The highest BCUT2D eigenvalue weighted by Gasteiger charge is 2.46. The topological polar surface area (TPSA) is 40.5 Å². The Morgan fingerprint density at radius 2 is 1.74 bits per heavy atom. The van der Waals surface area contributed by atoms with Crippen LogP contribution in [0.2, 0.25) is 0 Å². The Kier molecular flexibility index (Phi) is 3.30. The van der Waals surface area contributed by atoms with Gasteiger partial charge in [0.05, 0.1) is 13.1 Å². The van der Waals surface area contributed by atoms with Crippen LogP contribution in [0.3, 0.4) is 0 Å². The average Bonchev–Trinajstić information content (AvgIpc) is 2.30. The molecule has 0 aromatic heterocycles. The second-order valence-corrected chi connectivity index (χ2v) is 5.17. The van der Waals surface area contributed by atoms with E-state index >= 15 is 0 Å². The Morgan fingerprint density at radius 3 is 2.16 bits per heavy atom. The minimum absolute atomic E-state index is 0.0294. The largest absolute Gasteiger partial charge is 0.386 e. The lowest BCUT2D eigenvalue weighted by molar-refractivity contribution is -0.110. The third kappa shape index (κ3) is 2.32. The van der Waals surface area contributed by atoms with Gasteiger partial charge in [0.2, 0.25) is 0 Å². The number of nitrogens with zero attached hydrogens (tertiary/aromatic N) is 1. The first-order chi connectivity index (χ1) is 8.74. The number of β-amino-alcohol motifs (C(OH)–C–C–N with tert-alkyl or cyclic N) is 1. The zero-order chi connectivity index (χ0) is 14.4. The van der Waals surface area contributed by atoms with E-state index < -0.39 is 29.0 Å². The van der Waals surface area contributed by atoms with Crippen molar-refractivity contribution in [1.82, 2.24) is 4.90 Å². The van der Waals surface area contributed by atoms with E-state index in [1.54, 1.807) is 0 Å². The second kappa shape index (κ2) is 4.52. The highest BCUT2D eigenvalue weighted by Crippen LogP contribution is 2.30. The highest BCUT2D eigenvalue weighted by molar-refractivity contribution is 5.95. The van der Waals surface area contributed by atoms with E-state index in [4.69, 9.17) is 0 Å². The third-order valence-corrected chi connectivity index (χ3v) is 3.52. The van der Waals surface area contributed by atoms with Crippen molar-refractivity contribution in [2.75, 3.05) is 13.1 Å². The van der Waals surface area contributed by atoms with Gasteiger partial charge >= 0.3 is 0 Å². The second-order valence-electron chi connectivity index (χ2n) is 5.17. The van der Waals surface area contributed by atoms with Gasteiger partial charge in [-0.15, -0.1) is 0 Å². The number of benzene rings is 1. The van der Waals surface area contributed by atoms with Crippen LogP contribution < -0.4 is 0 Å². The van der Waals surface area contributed by atoms with Gasteiger partial charge in [-0.1, -0.05) is 13.8 Å². The van der Waals surface area contributed by atoms with E-state index in [0.29, 0.717) is 12.1 Å². The molecule has 1 aromatic carbocycles. The summed E-state index contributed by atoms with van der Waals surface area (Å²) in [6.45, 7) is 3.84. The van der Waals surface area contributed by atoms with E-state index in [9.17, 15) is 23.1 Å². The van der Waals surface area contributed by atoms with Gasteiger partial charge in [0.15, 0.2) is 17.5 Å². The lowest BCUT2D eigenvalue weighted by Crippen LogP contribution is -2.65. The first kappa shape index (κ1) is 13.9. The van der Waals surface area contributed by atoms with E-state index in [1.807, 2.05) is 13.8 Å². The number of halogens is 3. The van der Waals surface area contributed by atoms with Gasteiger partial charge in [0, 0.05) is 5.56 Å². The van der Waals surface area contributed by atoms with Crippen molar-refractivity contribution in [3.8, 4) is 0 Å². The van der Waals surface area contributed by atoms with Crippen molar-refractivity contribution < 1.29 is 23.1 Å². The molecule has 1 aromatic rings. The van der Waals surface area contributed by atoms with Gasteiger partial charge < -0.3 is 10.0 Å². The molecule has 0 bridgehead atoms. The summed E-state index contributed by atoms with van der Waals surface area (Å²) in [6.07, 6.45) is 0. The molecule has 19 heavy (non-hydrogen) atoms. The van der Waals surface area contributed by atoms with E-state index in [1.165, 1.54) is 4.90 Å². The van der Waals surface area contributed by atoms with Crippen LogP contribution in [0.5, 0.6) is 0 Å². The number of aliphatic hydroxyl groups is 1. The van der Waals surface area contributed by atoms with E-state index in [-0.39, 0.29) is 24.6 Å². The fourth-order valence-corrected chi connectivity index (χ4v) is 1.99. The van der Waals surface area contributed by atoms with E-state index in [0.717, 1.165) is 0 Å². The molecule has 1 aliphatic rings. The van der Waals surface area contributed by atoms with E-state index in [2.05, 4.69) is 0 Å². The summed E-state index contributed by atoms with van der Waals surface area (Å²) in [7, 11) is 0. The molecule has 0 saturated carbocycles. The number of hydrogen-bond donors (Lipinski definition) is 1. The Morgan fingerprint density at radius 1 is 1.26 bits per heavy atom. The van der Waals surface area contributed by atoms with Crippen LogP contribution in [-0.2, 0) is 0 Å². The zero-order valence-electron chi connectivity index (χ0n) is 10.6. The molecular formula is C13H14F3NO2. The lowest BCUT2D eigenvalue weighted by Gasteiger charge is -2.49. The molecule has 1 saturated heterocycles. The Bertz CT molecular complexity index is 502. The van der Waals surface area contributed by atoms with Crippen molar-refractivity contribution in [2.45, 2.75) is 19.4 Å². The SMILES string of the molecule is CC(C)C1(O)CN(C(=O)c2cc(F)c(F)c(F)c2)C1. The van der Waals surface area contributed by atoms with Crippen molar-refractivity contribution in [2.24, 2.45) is 5.92 Å². The summed E-state index contributed by atoms with van der Waals surface area (Å²) in [5, 5.41) is 10.0.